The molecule has 0 saturated carbocycles. The Balaban J connectivity index is 2.10. The molecule has 0 atom stereocenters. The summed E-state index contributed by atoms with van der Waals surface area (Å²) in [5, 5.41) is 8.01. The van der Waals surface area contributed by atoms with E-state index in [-0.39, 0.29) is 17.6 Å². The fourth-order valence-corrected chi connectivity index (χ4v) is 2.42. The molecule has 0 bridgehead atoms. The van der Waals surface area contributed by atoms with Gasteiger partial charge in [0.15, 0.2) is 6.29 Å². The van der Waals surface area contributed by atoms with Crippen LogP contribution < -0.4 is 0 Å². The lowest BCUT2D eigenvalue weighted by Crippen LogP contribution is -1.93. The van der Waals surface area contributed by atoms with Gasteiger partial charge in [0.25, 0.3) is 5.89 Å². The molecule has 0 radical (unpaired) electrons. The third-order valence-electron chi connectivity index (χ3n) is 3.88. The minimum absolute atomic E-state index is 0.280. The normalized spacial score (nSPS) is 10.9. The first-order valence-corrected chi connectivity index (χ1v) is 6.73. The second-order valence-electron chi connectivity index (χ2n) is 5.06. The average Bonchev–Trinajstić information content (AvgIpc) is 3.07. The molecule has 0 saturated heterocycles. The maximum absolute atomic E-state index is 13.0. The Labute approximate surface area is 126 Å². The van der Waals surface area contributed by atoms with E-state index in [0.29, 0.717) is 16.7 Å². The summed E-state index contributed by atoms with van der Waals surface area (Å²) in [6, 6.07) is 5.79. The van der Waals surface area contributed by atoms with Gasteiger partial charge in [0.1, 0.15) is 5.82 Å². The van der Waals surface area contributed by atoms with Crippen LogP contribution in [0.3, 0.4) is 0 Å². The van der Waals surface area contributed by atoms with Crippen LogP contribution in [0.5, 0.6) is 0 Å². The maximum atomic E-state index is 13.0. The Morgan fingerprint density at radius 1 is 1.09 bits per heavy atom. The minimum Gasteiger partial charge on any atom is -0.416 e. The standard InChI is InChI=1S/C16H14FN3O2/c1-9-13(8-21)14(10(2)20(9)3)16-19-18-15(22-16)11-4-6-12(17)7-5-11/h4-8H,1-3H3. The molecule has 112 valence electrons. The summed E-state index contributed by atoms with van der Waals surface area (Å²) in [7, 11) is 1.87. The average molecular weight is 299 g/mol. The summed E-state index contributed by atoms with van der Waals surface area (Å²) in [4.78, 5) is 11.4. The zero-order valence-corrected chi connectivity index (χ0v) is 12.4. The van der Waals surface area contributed by atoms with Crippen molar-refractivity contribution in [2.75, 3.05) is 0 Å². The fourth-order valence-electron chi connectivity index (χ4n) is 2.42. The van der Waals surface area contributed by atoms with Crippen molar-refractivity contribution in [3.05, 3.63) is 47.0 Å². The Hall–Kier alpha value is -2.76. The van der Waals surface area contributed by atoms with Crippen LogP contribution in [0, 0.1) is 19.7 Å². The smallest absolute Gasteiger partial charge is 0.250 e. The molecule has 6 heteroatoms. The molecule has 0 aliphatic rings. The van der Waals surface area contributed by atoms with E-state index in [2.05, 4.69) is 10.2 Å². The summed E-state index contributed by atoms with van der Waals surface area (Å²) in [5.41, 5.74) is 3.50. The lowest BCUT2D eigenvalue weighted by atomic mass is 10.1. The zero-order chi connectivity index (χ0) is 15.9. The molecular weight excluding hydrogens is 285 g/mol. The number of rotatable bonds is 3. The van der Waals surface area contributed by atoms with Crippen molar-refractivity contribution in [1.82, 2.24) is 14.8 Å². The second kappa shape index (κ2) is 5.22. The van der Waals surface area contributed by atoms with E-state index in [1.165, 1.54) is 12.1 Å². The van der Waals surface area contributed by atoms with E-state index in [0.717, 1.165) is 17.7 Å². The molecule has 2 aromatic heterocycles. The molecule has 3 rings (SSSR count). The third-order valence-corrected chi connectivity index (χ3v) is 3.88. The van der Waals surface area contributed by atoms with E-state index in [4.69, 9.17) is 4.42 Å². The molecule has 1 aromatic carbocycles. The summed E-state index contributed by atoms with van der Waals surface area (Å²) in [6.45, 7) is 3.74. The minimum atomic E-state index is -0.332. The van der Waals surface area contributed by atoms with Crippen LogP contribution in [-0.4, -0.2) is 21.1 Å². The van der Waals surface area contributed by atoms with Gasteiger partial charge in [-0.2, -0.15) is 0 Å². The lowest BCUT2D eigenvalue weighted by Gasteiger charge is -1.98. The van der Waals surface area contributed by atoms with Crippen LogP contribution in [0.15, 0.2) is 28.7 Å². The molecule has 0 aliphatic carbocycles. The predicted molar refractivity (Wildman–Crippen MR) is 79.0 cm³/mol. The van der Waals surface area contributed by atoms with Gasteiger partial charge >= 0.3 is 0 Å². The van der Waals surface area contributed by atoms with Crippen molar-refractivity contribution in [1.29, 1.82) is 0 Å². The fraction of sp³-hybridized carbons (Fsp3) is 0.188. The number of hydrogen-bond donors (Lipinski definition) is 0. The number of benzene rings is 1. The van der Waals surface area contributed by atoms with Crippen molar-refractivity contribution >= 4 is 6.29 Å². The van der Waals surface area contributed by atoms with Crippen LogP contribution in [0.4, 0.5) is 4.39 Å². The van der Waals surface area contributed by atoms with E-state index in [1.807, 2.05) is 25.5 Å². The molecule has 5 nitrogen and oxygen atoms in total. The second-order valence-corrected chi connectivity index (χ2v) is 5.06. The van der Waals surface area contributed by atoms with Gasteiger partial charge in [0.2, 0.25) is 5.89 Å². The van der Waals surface area contributed by atoms with Crippen LogP contribution >= 0.6 is 0 Å². The van der Waals surface area contributed by atoms with Gasteiger partial charge in [-0.05, 0) is 38.1 Å². The highest BCUT2D eigenvalue weighted by Crippen LogP contribution is 2.31. The molecule has 0 fully saturated rings. The van der Waals surface area contributed by atoms with Crippen LogP contribution in [0.1, 0.15) is 21.7 Å². The number of aromatic nitrogens is 3. The van der Waals surface area contributed by atoms with Crippen LogP contribution in [0.25, 0.3) is 22.9 Å². The molecule has 0 aliphatic heterocycles. The highest BCUT2D eigenvalue weighted by molar-refractivity contribution is 5.88. The van der Waals surface area contributed by atoms with Gasteiger partial charge in [-0.25, -0.2) is 4.39 Å². The molecule has 2 heterocycles. The molecule has 0 amide bonds. The quantitative estimate of drug-likeness (QED) is 0.696. The number of nitrogens with zero attached hydrogens (tertiary/aromatic N) is 3. The summed E-state index contributed by atoms with van der Waals surface area (Å²) in [5.74, 6) is 0.233. The van der Waals surface area contributed by atoms with Gasteiger partial charge < -0.3 is 8.98 Å². The van der Waals surface area contributed by atoms with Crippen molar-refractivity contribution in [3.8, 4) is 22.9 Å². The van der Waals surface area contributed by atoms with Gasteiger partial charge in [-0.15, -0.1) is 10.2 Å². The number of carbonyl (C=O) groups is 1. The van der Waals surface area contributed by atoms with Crippen molar-refractivity contribution in [3.63, 3.8) is 0 Å². The summed E-state index contributed by atoms with van der Waals surface area (Å²) < 4.78 is 20.5. The molecular formula is C16H14FN3O2. The largest absolute Gasteiger partial charge is 0.416 e. The summed E-state index contributed by atoms with van der Waals surface area (Å²) in [6.07, 6.45) is 0.791. The molecule has 0 N–H and O–H groups in total. The van der Waals surface area contributed by atoms with Gasteiger partial charge in [0.05, 0.1) is 5.56 Å². The maximum Gasteiger partial charge on any atom is 0.250 e. The lowest BCUT2D eigenvalue weighted by molar-refractivity contribution is 0.112. The molecule has 0 spiro atoms. The third kappa shape index (κ3) is 2.13. The number of halogens is 1. The summed E-state index contributed by atoms with van der Waals surface area (Å²) >= 11 is 0. The number of carbonyl (C=O) groups excluding carboxylic acids is 1. The first kappa shape index (κ1) is 14.2. The molecule has 22 heavy (non-hydrogen) atoms. The Kier molecular flexibility index (Phi) is 3.36. The van der Waals surface area contributed by atoms with Gasteiger partial charge in [0, 0.05) is 29.6 Å². The van der Waals surface area contributed by atoms with Crippen LogP contribution in [0.2, 0.25) is 0 Å². The zero-order valence-electron chi connectivity index (χ0n) is 12.4. The SMILES string of the molecule is Cc1c(C=O)c(-c2nnc(-c3ccc(F)cc3)o2)c(C)n1C. The topological polar surface area (TPSA) is 60.9 Å². The molecule has 0 unspecified atom stereocenters. The van der Waals surface area contributed by atoms with Crippen molar-refractivity contribution < 1.29 is 13.6 Å². The van der Waals surface area contributed by atoms with E-state index in [1.54, 1.807) is 12.1 Å². The molecule has 3 aromatic rings. The Morgan fingerprint density at radius 3 is 2.36 bits per heavy atom. The van der Waals surface area contributed by atoms with Gasteiger partial charge in [-0.1, -0.05) is 0 Å². The first-order valence-electron chi connectivity index (χ1n) is 6.73. The monoisotopic (exact) mass is 299 g/mol. The van der Waals surface area contributed by atoms with E-state index in [9.17, 15) is 9.18 Å². The number of hydrogen-bond acceptors (Lipinski definition) is 4. The first-order chi connectivity index (χ1) is 10.5. The van der Waals surface area contributed by atoms with Crippen molar-refractivity contribution in [2.24, 2.45) is 7.05 Å². The highest BCUT2D eigenvalue weighted by Gasteiger charge is 2.21. The highest BCUT2D eigenvalue weighted by atomic mass is 19.1. The predicted octanol–water partition coefficient (Wildman–Crippen LogP) is 3.31. The van der Waals surface area contributed by atoms with E-state index >= 15 is 0 Å². The van der Waals surface area contributed by atoms with Gasteiger partial charge in [-0.3, -0.25) is 4.79 Å². The van der Waals surface area contributed by atoms with Crippen molar-refractivity contribution in [2.45, 2.75) is 13.8 Å². The van der Waals surface area contributed by atoms with Crippen LogP contribution in [-0.2, 0) is 7.05 Å². The Bertz CT molecular complexity index is 847. The Morgan fingerprint density at radius 2 is 1.73 bits per heavy atom. The number of aldehydes is 1. The van der Waals surface area contributed by atoms with E-state index < -0.39 is 0 Å².